The summed E-state index contributed by atoms with van der Waals surface area (Å²) in [6.45, 7) is 3.27. The fraction of sp³-hybridized carbons (Fsp3) is 0.458. The summed E-state index contributed by atoms with van der Waals surface area (Å²) in [5, 5.41) is 0. The van der Waals surface area contributed by atoms with Gasteiger partial charge in [0, 0.05) is 32.2 Å². The number of likely N-dealkylation sites (N-methyl/N-ethyl adjacent to an activating group) is 1. The smallest absolute Gasteiger partial charge is 0.236 e. The van der Waals surface area contributed by atoms with Gasteiger partial charge in [0.1, 0.15) is 0 Å². The molecule has 2 fully saturated rings. The summed E-state index contributed by atoms with van der Waals surface area (Å²) in [4.78, 5) is 19.1. The molecule has 2 aromatic rings. The minimum Gasteiger partial charge on any atom is -0.339 e. The van der Waals surface area contributed by atoms with Gasteiger partial charge in [-0.25, -0.2) is 8.42 Å². The van der Waals surface area contributed by atoms with Crippen LogP contribution in [-0.4, -0.2) is 86.3 Å². The maximum atomic E-state index is 12.9. The summed E-state index contributed by atoms with van der Waals surface area (Å²) in [5.74, 6) is 0.484. The summed E-state index contributed by atoms with van der Waals surface area (Å²) in [5.41, 5.74) is 2.52. The fourth-order valence-electron chi connectivity index (χ4n) is 4.68. The monoisotopic (exact) mass is 441 g/mol. The zero-order valence-electron chi connectivity index (χ0n) is 18.1. The molecule has 166 valence electrons. The van der Waals surface area contributed by atoms with Crippen LogP contribution in [0.15, 0.2) is 60.7 Å². The topological polar surface area (TPSA) is 60.9 Å². The lowest BCUT2D eigenvalue weighted by atomic mass is 9.96. The molecule has 0 spiro atoms. The Balaban J connectivity index is 1.38. The summed E-state index contributed by atoms with van der Waals surface area (Å²) in [6, 6.07) is 21.2. The highest BCUT2D eigenvalue weighted by atomic mass is 32.2. The number of carbonyl (C=O) groups excluding carboxylic acids is 1. The van der Waals surface area contributed by atoms with Crippen LogP contribution in [0.2, 0.25) is 0 Å². The zero-order chi connectivity index (χ0) is 21.8. The van der Waals surface area contributed by atoms with E-state index in [1.165, 1.54) is 11.1 Å². The maximum Gasteiger partial charge on any atom is 0.236 e. The third-order valence-corrected chi connectivity index (χ3v) is 8.23. The Hall–Kier alpha value is -2.22. The van der Waals surface area contributed by atoms with Crippen LogP contribution in [-0.2, 0) is 14.6 Å². The zero-order valence-corrected chi connectivity index (χ0v) is 18.9. The van der Waals surface area contributed by atoms with E-state index in [1.807, 2.05) is 29.0 Å². The molecular formula is C24H31N3O3S. The van der Waals surface area contributed by atoms with Crippen molar-refractivity contribution in [1.29, 1.82) is 0 Å². The highest BCUT2D eigenvalue weighted by molar-refractivity contribution is 7.91. The largest absolute Gasteiger partial charge is 0.339 e. The maximum absolute atomic E-state index is 12.9. The van der Waals surface area contributed by atoms with Crippen LogP contribution in [0, 0.1) is 0 Å². The summed E-state index contributed by atoms with van der Waals surface area (Å²) in [7, 11) is -1.08. The molecule has 2 aliphatic heterocycles. The lowest BCUT2D eigenvalue weighted by molar-refractivity contribution is -0.134. The number of rotatable bonds is 6. The lowest BCUT2D eigenvalue weighted by Crippen LogP contribution is -2.52. The molecule has 0 saturated carbocycles. The van der Waals surface area contributed by atoms with Crippen molar-refractivity contribution < 1.29 is 13.2 Å². The molecule has 0 radical (unpaired) electrons. The van der Waals surface area contributed by atoms with Gasteiger partial charge in [-0.05, 0) is 24.6 Å². The number of nitrogens with zero attached hydrogens (tertiary/aromatic N) is 3. The minimum atomic E-state index is -2.94. The fourth-order valence-corrected chi connectivity index (χ4v) is 6.48. The Labute approximate surface area is 185 Å². The number of hydrogen-bond acceptors (Lipinski definition) is 5. The molecule has 6 nitrogen and oxygen atoms in total. The molecule has 0 aliphatic carbocycles. The van der Waals surface area contributed by atoms with Gasteiger partial charge < -0.3 is 4.90 Å². The molecule has 1 amide bonds. The third-order valence-electron chi connectivity index (χ3n) is 6.48. The van der Waals surface area contributed by atoms with Crippen molar-refractivity contribution in [2.24, 2.45) is 0 Å². The Morgan fingerprint density at radius 1 is 0.968 bits per heavy atom. The van der Waals surface area contributed by atoms with Crippen molar-refractivity contribution in [3.63, 3.8) is 0 Å². The number of carbonyl (C=O) groups is 1. The van der Waals surface area contributed by atoms with E-state index in [0.717, 1.165) is 13.1 Å². The number of sulfone groups is 1. The molecule has 2 saturated heterocycles. The van der Waals surface area contributed by atoms with Crippen molar-refractivity contribution >= 4 is 15.7 Å². The van der Waals surface area contributed by atoms with Crippen LogP contribution in [0.4, 0.5) is 0 Å². The second-order valence-electron chi connectivity index (χ2n) is 8.61. The molecule has 1 atom stereocenters. The van der Waals surface area contributed by atoms with Crippen LogP contribution in [0.25, 0.3) is 0 Å². The van der Waals surface area contributed by atoms with Gasteiger partial charge in [-0.3, -0.25) is 14.6 Å². The van der Waals surface area contributed by atoms with Crippen LogP contribution in [0.1, 0.15) is 23.6 Å². The van der Waals surface area contributed by atoms with Crippen LogP contribution >= 0.6 is 0 Å². The Morgan fingerprint density at radius 2 is 1.52 bits per heavy atom. The molecule has 2 heterocycles. The van der Waals surface area contributed by atoms with Crippen molar-refractivity contribution in [2.45, 2.75) is 18.5 Å². The summed E-state index contributed by atoms with van der Waals surface area (Å²) < 4.78 is 23.5. The van der Waals surface area contributed by atoms with E-state index < -0.39 is 9.84 Å². The molecule has 0 bridgehead atoms. The molecule has 7 heteroatoms. The van der Waals surface area contributed by atoms with Crippen molar-refractivity contribution in [1.82, 2.24) is 14.7 Å². The first kappa shape index (κ1) is 22.0. The van der Waals surface area contributed by atoms with Gasteiger partial charge >= 0.3 is 0 Å². The number of benzene rings is 2. The normalized spacial score (nSPS) is 21.6. The molecular weight excluding hydrogens is 410 g/mol. The van der Waals surface area contributed by atoms with Gasteiger partial charge in [0.15, 0.2) is 9.84 Å². The third kappa shape index (κ3) is 5.34. The van der Waals surface area contributed by atoms with E-state index in [9.17, 15) is 13.2 Å². The molecule has 1 unspecified atom stereocenters. The SMILES string of the molecule is CN(CC(=O)N1CCN(C(c2ccccc2)c2ccccc2)CC1)C1CCS(=O)(=O)C1. The first-order valence-electron chi connectivity index (χ1n) is 11.0. The highest BCUT2D eigenvalue weighted by Crippen LogP contribution is 2.29. The number of piperazine rings is 1. The predicted molar refractivity (Wildman–Crippen MR) is 123 cm³/mol. The average molecular weight is 442 g/mol. The molecule has 0 N–H and O–H groups in total. The van der Waals surface area contributed by atoms with Gasteiger partial charge in [0.05, 0.1) is 24.1 Å². The molecule has 0 aromatic heterocycles. The average Bonchev–Trinajstić information content (AvgIpc) is 3.16. The van der Waals surface area contributed by atoms with E-state index in [0.29, 0.717) is 19.5 Å². The van der Waals surface area contributed by atoms with E-state index in [-0.39, 0.29) is 36.0 Å². The summed E-state index contributed by atoms with van der Waals surface area (Å²) in [6.07, 6.45) is 0.621. The number of amides is 1. The summed E-state index contributed by atoms with van der Waals surface area (Å²) >= 11 is 0. The van der Waals surface area contributed by atoms with E-state index in [4.69, 9.17) is 0 Å². The Morgan fingerprint density at radius 3 is 2.00 bits per heavy atom. The predicted octanol–water partition coefficient (Wildman–Crippen LogP) is 2.04. The first-order valence-corrected chi connectivity index (χ1v) is 12.8. The minimum absolute atomic E-state index is 0.0456. The van der Waals surface area contributed by atoms with Crippen molar-refractivity contribution in [2.75, 3.05) is 51.3 Å². The van der Waals surface area contributed by atoms with Crippen LogP contribution in [0.5, 0.6) is 0 Å². The first-order chi connectivity index (χ1) is 14.9. The van der Waals surface area contributed by atoms with Gasteiger partial charge in [-0.1, -0.05) is 60.7 Å². The number of hydrogen-bond donors (Lipinski definition) is 0. The van der Waals surface area contributed by atoms with Crippen LogP contribution < -0.4 is 0 Å². The van der Waals surface area contributed by atoms with Crippen molar-refractivity contribution in [3.8, 4) is 0 Å². The van der Waals surface area contributed by atoms with E-state index in [2.05, 4.69) is 53.4 Å². The molecule has 31 heavy (non-hydrogen) atoms. The Kier molecular flexibility index (Phi) is 6.74. The second-order valence-corrected chi connectivity index (χ2v) is 10.8. The van der Waals surface area contributed by atoms with E-state index in [1.54, 1.807) is 0 Å². The molecule has 2 aliphatic rings. The van der Waals surface area contributed by atoms with Gasteiger partial charge in [0.25, 0.3) is 0 Å². The quantitative estimate of drug-likeness (QED) is 0.687. The van der Waals surface area contributed by atoms with Gasteiger partial charge in [0.2, 0.25) is 5.91 Å². The highest BCUT2D eigenvalue weighted by Gasteiger charge is 2.33. The van der Waals surface area contributed by atoms with Gasteiger partial charge in [-0.15, -0.1) is 0 Å². The van der Waals surface area contributed by atoms with E-state index >= 15 is 0 Å². The molecule has 4 rings (SSSR count). The van der Waals surface area contributed by atoms with Crippen molar-refractivity contribution in [3.05, 3.63) is 71.8 Å². The van der Waals surface area contributed by atoms with Crippen LogP contribution in [0.3, 0.4) is 0 Å². The molecule has 2 aromatic carbocycles. The second kappa shape index (κ2) is 9.51. The van der Waals surface area contributed by atoms with Gasteiger partial charge in [-0.2, -0.15) is 0 Å². The Bertz CT molecular complexity index is 934. The standard InChI is InChI=1S/C24H31N3O3S/c1-25(22-12-17-31(29,30)19-22)18-23(28)26-13-15-27(16-14-26)24(20-8-4-2-5-9-20)21-10-6-3-7-11-21/h2-11,22,24H,12-19H2,1H3. The lowest BCUT2D eigenvalue weighted by Gasteiger charge is -2.40.